The molecule has 2 nitrogen and oxygen atoms in total. The number of rotatable bonds is 2. The van der Waals surface area contributed by atoms with Crippen molar-refractivity contribution in [3.8, 4) is 22.3 Å². The third-order valence-electron chi connectivity index (χ3n) is 5.35. The molecule has 0 bridgehead atoms. The highest BCUT2D eigenvalue weighted by Crippen LogP contribution is 2.42. The van der Waals surface area contributed by atoms with Gasteiger partial charge in [0.15, 0.2) is 0 Å². The number of fused-ring (bicyclic) bond motifs is 2. The number of nitrogens with two attached hydrogens (primary N) is 2. The van der Waals surface area contributed by atoms with E-state index in [1.165, 1.54) is 21.5 Å². The lowest BCUT2D eigenvalue weighted by molar-refractivity contribution is 1.59. The molecule has 0 radical (unpaired) electrons. The molecule has 0 aliphatic rings. The first kappa shape index (κ1) is 16.4. The van der Waals surface area contributed by atoms with Gasteiger partial charge in [0, 0.05) is 22.5 Å². The fourth-order valence-corrected chi connectivity index (χ4v) is 3.95. The third-order valence-corrected chi connectivity index (χ3v) is 5.35. The van der Waals surface area contributed by atoms with E-state index in [2.05, 4.69) is 84.9 Å². The predicted molar refractivity (Wildman–Crippen MR) is 121 cm³/mol. The molecule has 0 amide bonds. The number of anilines is 2. The third kappa shape index (κ3) is 2.67. The van der Waals surface area contributed by atoms with Gasteiger partial charge in [-0.2, -0.15) is 0 Å². The van der Waals surface area contributed by atoms with Crippen LogP contribution in [0, 0.1) is 0 Å². The van der Waals surface area contributed by atoms with Crippen LogP contribution < -0.4 is 11.5 Å². The van der Waals surface area contributed by atoms with Crippen LogP contribution in [0.25, 0.3) is 43.8 Å². The molecular formula is C26H20N2. The maximum absolute atomic E-state index is 6.46. The van der Waals surface area contributed by atoms with Crippen molar-refractivity contribution < 1.29 is 0 Å². The van der Waals surface area contributed by atoms with E-state index in [1.807, 2.05) is 12.1 Å². The van der Waals surface area contributed by atoms with Gasteiger partial charge in [-0.15, -0.1) is 0 Å². The second-order valence-corrected chi connectivity index (χ2v) is 7.12. The SMILES string of the molecule is Nc1ccc(N)c(-c2ccc3ccccc3c2)c1-c1ccc2ccccc2c1. The van der Waals surface area contributed by atoms with Crippen molar-refractivity contribution >= 4 is 32.9 Å². The molecule has 0 saturated heterocycles. The molecule has 0 aliphatic carbocycles. The minimum absolute atomic E-state index is 0.729. The van der Waals surface area contributed by atoms with E-state index in [0.717, 1.165) is 33.6 Å². The van der Waals surface area contributed by atoms with Crippen molar-refractivity contribution in [1.82, 2.24) is 0 Å². The van der Waals surface area contributed by atoms with E-state index in [4.69, 9.17) is 11.5 Å². The molecule has 0 atom stereocenters. The summed E-state index contributed by atoms with van der Waals surface area (Å²) in [5, 5.41) is 4.79. The molecule has 4 N–H and O–H groups in total. The van der Waals surface area contributed by atoms with Crippen molar-refractivity contribution in [3.63, 3.8) is 0 Å². The minimum Gasteiger partial charge on any atom is -0.398 e. The summed E-state index contributed by atoms with van der Waals surface area (Å²) in [5.74, 6) is 0. The lowest BCUT2D eigenvalue weighted by Gasteiger charge is -2.17. The molecule has 2 heteroatoms. The minimum atomic E-state index is 0.729. The molecule has 0 aromatic heterocycles. The van der Waals surface area contributed by atoms with Crippen molar-refractivity contribution in [3.05, 3.63) is 97.1 Å². The van der Waals surface area contributed by atoms with Gasteiger partial charge in [0.05, 0.1) is 0 Å². The van der Waals surface area contributed by atoms with Crippen molar-refractivity contribution in [2.75, 3.05) is 11.5 Å². The zero-order valence-electron chi connectivity index (χ0n) is 15.4. The lowest BCUT2D eigenvalue weighted by atomic mass is 9.90. The van der Waals surface area contributed by atoms with Crippen LogP contribution in [0.1, 0.15) is 0 Å². The summed E-state index contributed by atoms with van der Waals surface area (Å²) in [7, 11) is 0. The Balaban J connectivity index is 1.79. The average molecular weight is 360 g/mol. The summed E-state index contributed by atoms with van der Waals surface area (Å²) >= 11 is 0. The van der Waals surface area contributed by atoms with Crippen LogP contribution in [-0.2, 0) is 0 Å². The summed E-state index contributed by atoms with van der Waals surface area (Å²) in [5.41, 5.74) is 18.5. The van der Waals surface area contributed by atoms with Crippen LogP contribution in [0.15, 0.2) is 97.1 Å². The molecule has 0 spiro atoms. The smallest absolute Gasteiger partial charge is 0.0401 e. The normalized spacial score (nSPS) is 11.1. The van der Waals surface area contributed by atoms with Gasteiger partial charge >= 0.3 is 0 Å². The molecular weight excluding hydrogens is 340 g/mol. The number of hydrogen-bond donors (Lipinski definition) is 2. The Hall–Kier alpha value is -3.78. The van der Waals surface area contributed by atoms with Crippen LogP contribution in [0.3, 0.4) is 0 Å². The first-order valence-corrected chi connectivity index (χ1v) is 9.37. The van der Waals surface area contributed by atoms with E-state index in [0.29, 0.717) is 0 Å². The lowest BCUT2D eigenvalue weighted by Crippen LogP contribution is -1.98. The van der Waals surface area contributed by atoms with Crippen molar-refractivity contribution in [2.45, 2.75) is 0 Å². The highest BCUT2D eigenvalue weighted by Gasteiger charge is 2.15. The maximum Gasteiger partial charge on any atom is 0.0401 e. The summed E-state index contributed by atoms with van der Waals surface area (Å²) in [6, 6.07) is 33.4. The molecule has 5 rings (SSSR count). The van der Waals surface area contributed by atoms with Gasteiger partial charge < -0.3 is 11.5 Å². The molecule has 0 heterocycles. The zero-order chi connectivity index (χ0) is 19.1. The fraction of sp³-hybridized carbons (Fsp3) is 0. The maximum atomic E-state index is 6.46. The Bertz CT molecular complexity index is 1230. The zero-order valence-corrected chi connectivity index (χ0v) is 15.4. The second kappa shape index (κ2) is 6.43. The standard InChI is InChI=1S/C26H20N2/c27-23-13-14-24(28)26(22-12-10-18-6-2-4-8-20(18)16-22)25(23)21-11-9-17-5-1-3-7-19(17)15-21/h1-16H,27-28H2. The molecule has 0 unspecified atom stereocenters. The van der Waals surface area contributed by atoms with Crippen molar-refractivity contribution in [1.29, 1.82) is 0 Å². The molecule has 0 fully saturated rings. The second-order valence-electron chi connectivity index (χ2n) is 7.12. The number of nitrogen functional groups attached to an aromatic ring is 2. The topological polar surface area (TPSA) is 52.0 Å². The van der Waals surface area contributed by atoms with E-state index in [-0.39, 0.29) is 0 Å². The van der Waals surface area contributed by atoms with Crippen LogP contribution in [-0.4, -0.2) is 0 Å². The van der Waals surface area contributed by atoms with Gasteiger partial charge in [-0.05, 0) is 56.9 Å². The molecule has 134 valence electrons. The first-order chi connectivity index (χ1) is 13.7. The molecule has 0 aliphatic heterocycles. The van der Waals surface area contributed by atoms with E-state index < -0.39 is 0 Å². The molecule has 5 aromatic carbocycles. The molecule has 28 heavy (non-hydrogen) atoms. The fourth-order valence-electron chi connectivity index (χ4n) is 3.95. The first-order valence-electron chi connectivity index (χ1n) is 9.37. The highest BCUT2D eigenvalue weighted by atomic mass is 14.6. The number of benzene rings is 5. The van der Waals surface area contributed by atoms with E-state index in [9.17, 15) is 0 Å². The quantitative estimate of drug-likeness (QED) is 0.353. The van der Waals surface area contributed by atoms with Gasteiger partial charge in [0.25, 0.3) is 0 Å². The Morgan fingerprint density at radius 1 is 0.393 bits per heavy atom. The van der Waals surface area contributed by atoms with Crippen LogP contribution in [0.5, 0.6) is 0 Å². The Kier molecular flexibility index (Phi) is 3.77. The average Bonchev–Trinajstić information content (AvgIpc) is 2.74. The largest absolute Gasteiger partial charge is 0.398 e. The van der Waals surface area contributed by atoms with Gasteiger partial charge in [-0.25, -0.2) is 0 Å². The monoisotopic (exact) mass is 360 g/mol. The molecule has 0 saturated carbocycles. The number of hydrogen-bond acceptors (Lipinski definition) is 2. The Morgan fingerprint density at radius 2 is 0.786 bits per heavy atom. The van der Waals surface area contributed by atoms with Crippen LogP contribution in [0.2, 0.25) is 0 Å². The van der Waals surface area contributed by atoms with Gasteiger partial charge in [-0.1, -0.05) is 72.8 Å². The predicted octanol–water partition coefficient (Wildman–Crippen LogP) is 6.49. The van der Waals surface area contributed by atoms with E-state index in [1.54, 1.807) is 0 Å². The summed E-state index contributed by atoms with van der Waals surface area (Å²) in [6.45, 7) is 0. The van der Waals surface area contributed by atoms with Gasteiger partial charge in [-0.3, -0.25) is 0 Å². The van der Waals surface area contributed by atoms with Crippen molar-refractivity contribution in [2.24, 2.45) is 0 Å². The molecule has 5 aromatic rings. The van der Waals surface area contributed by atoms with Gasteiger partial charge in [0.1, 0.15) is 0 Å². The Morgan fingerprint density at radius 3 is 1.21 bits per heavy atom. The van der Waals surface area contributed by atoms with E-state index >= 15 is 0 Å². The van der Waals surface area contributed by atoms with Gasteiger partial charge in [0.2, 0.25) is 0 Å². The highest BCUT2D eigenvalue weighted by molar-refractivity contribution is 6.01. The summed E-state index contributed by atoms with van der Waals surface area (Å²) in [4.78, 5) is 0. The van der Waals surface area contributed by atoms with Crippen LogP contribution in [0.4, 0.5) is 11.4 Å². The summed E-state index contributed by atoms with van der Waals surface area (Å²) in [6.07, 6.45) is 0. The Labute approximate surface area is 164 Å². The van der Waals surface area contributed by atoms with Crippen LogP contribution >= 0.6 is 0 Å². The summed E-state index contributed by atoms with van der Waals surface area (Å²) < 4.78 is 0.